The molecule has 0 saturated carbocycles. The summed E-state index contributed by atoms with van der Waals surface area (Å²) in [5, 5.41) is 14.2. The second kappa shape index (κ2) is 8.28. The van der Waals surface area contributed by atoms with Crippen LogP contribution < -0.4 is 25.0 Å². The first-order valence-electron chi connectivity index (χ1n) is 9.60. The van der Waals surface area contributed by atoms with E-state index >= 15 is 0 Å². The van der Waals surface area contributed by atoms with Crippen molar-refractivity contribution in [2.24, 2.45) is 0 Å². The Morgan fingerprint density at radius 1 is 1.00 bits per heavy atom. The van der Waals surface area contributed by atoms with E-state index in [1.54, 1.807) is 12.3 Å². The summed E-state index contributed by atoms with van der Waals surface area (Å²) in [5.41, 5.74) is 2.44. The van der Waals surface area contributed by atoms with Crippen LogP contribution in [0, 0.1) is 0 Å². The first-order chi connectivity index (χ1) is 14.5. The number of para-hydroxylation sites is 2. The van der Waals surface area contributed by atoms with Crippen LogP contribution in [0.25, 0.3) is 0 Å². The third-order valence-electron chi connectivity index (χ3n) is 4.68. The first-order valence-corrected chi connectivity index (χ1v) is 9.60. The summed E-state index contributed by atoms with van der Waals surface area (Å²) in [5.74, 6) is 1.59. The molecule has 2 atom stereocenters. The molecule has 30 heavy (non-hydrogen) atoms. The summed E-state index contributed by atoms with van der Waals surface area (Å²) in [6.45, 7) is 1.82. The topological polar surface area (TPSA) is 88.6 Å². The SMILES string of the molecule is CC1Oc2ccccc2OC1C(=O)Nc1ccc(Nc2cc(N(C)C)cnn2)cc1. The van der Waals surface area contributed by atoms with Gasteiger partial charge in [0.2, 0.25) is 6.10 Å². The highest BCUT2D eigenvalue weighted by Crippen LogP contribution is 2.33. The van der Waals surface area contributed by atoms with Crippen LogP contribution >= 0.6 is 0 Å². The molecule has 2 aromatic carbocycles. The van der Waals surface area contributed by atoms with Crippen LogP contribution in [0.3, 0.4) is 0 Å². The van der Waals surface area contributed by atoms with Gasteiger partial charge in [0.25, 0.3) is 5.91 Å². The summed E-state index contributed by atoms with van der Waals surface area (Å²) < 4.78 is 11.6. The van der Waals surface area contributed by atoms with E-state index in [1.807, 2.05) is 74.4 Å². The van der Waals surface area contributed by atoms with Crippen LogP contribution in [0.2, 0.25) is 0 Å². The molecule has 0 aliphatic carbocycles. The standard InChI is InChI=1S/C22H23N5O3/c1-14-21(30-19-7-5-4-6-18(19)29-14)22(28)25-16-10-8-15(9-11-16)24-20-12-17(27(2)3)13-23-26-20/h4-14,21H,1-3H3,(H,24,26)(H,25,28). The van der Waals surface area contributed by atoms with Gasteiger partial charge in [0, 0.05) is 31.5 Å². The Morgan fingerprint density at radius 2 is 1.67 bits per heavy atom. The van der Waals surface area contributed by atoms with Gasteiger partial charge in [0.15, 0.2) is 17.3 Å². The highest BCUT2D eigenvalue weighted by Gasteiger charge is 2.34. The summed E-state index contributed by atoms with van der Waals surface area (Å²) in [6, 6.07) is 16.6. The average Bonchev–Trinajstić information content (AvgIpc) is 2.74. The summed E-state index contributed by atoms with van der Waals surface area (Å²) in [6.07, 6.45) is 0.561. The zero-order valence-electron chi connectivity index (χ0n) is 17.0. The Balaban J connectivity index is 1.40. The maximum absolute atomic E-state index is 12.7. The Labute approximate surface area is 174 Å². The van der Waals surface area contributed by atoms with Crippen LogP contribution in [0.5, 0.6) is 11.5 Å². The van der Waals surface area contributed by atoms with Crippen molar-refractivity contribution in [2.75, 3.05) is 29.6 Å². The van der Waals surface area contributed by atoms with Crippen LogP contribution in [-0.4, -0.2) is 42.4 Å². The number of aromatic nitrogens is 2. The van der Waals surface area contributed by atoms with E-state index in [2.05, 4.69) is 20.8 Å². The molecule has 8 heteroatoms. The van der Waals surface area contributed by atoms with Gasteiger partial charge in [-0.2, -0.15) is 5.10 Å². The number of carbonyl (C=O) groups excluding carboxylic acids is 1. The summed E-state index contributed by atoms with van der Waals surface area (Å²) in [7, 11) is 3.89. The molecule has 4 rings (SSSR count). The van der Waals surface area contributed by atoms with Crippen molar-refractivity contribution in [3.05, 3.63) is 60.8 Å². The van der Waals surface area contributed by atoms with E-state index in [-0.39, 0.29) is 5.91 Å². The van der Waals surface area contributed by atoms with E-state index in [1.165, 1.54) is 0 Å². The monoisotopic (exact) mass is 405 g/mol. The predicted octanol–water partition coefficient (Wildman–Crippen LogP) is 3.45. The van der Waals surface area contributed by atoms with Gasteiger partial charge in [0.1, 0.15) is 6.10 Å². The second-order valence-corrected chi connectivity index (χ2v) is 7.19. The molecule has 0 spiro atoms. The minimum absolute atomic E-state index is 0.262. The molecule has 0 bridgehead atoms. The van der Waals surface area contributed by atoms with Crippen molar-refractivity contribution in [1.29, 1.82) is 0 Å². The molecule has 2 N–H and O–H groups in total. The van der Waals surface area contributed by atoms with Crippen molar-refractivity contribution in [3.63, 3.8) is 0 Å². The van der Waals surface area contributed by atoms with E-state index in [0.29, 0.717) is 23.0 Å². The molecule has 1 aliphatic heterocycles. The number of hydrogen-bond donors (Lipinski definition) is 2. The molecule has 1 amide bonds. The molecule has 1 aliphatic rings. The van der Waals surface area contributed by atoms with Gasteiger partial charge in [0.05, 0.1) is 11.9 Å². The Morgan fingerprint density at radius 3 is 2.37 bits per heavy atom. The number of benzene rings is 2. The van der Waals surface area contributed by atoms with E-state index in [0.717, 1.165) is 11.4 Å². The number of hydrogen-bond acceptors (Lipinski definition) is 7. The zero-order chi connectivity index (χ0) is 21.1. The highest BCUT2D eigenvalue weighted by molar-refractivity contribution is 5.95. The molecule has 8 nitrogen and oxygen atoms in total. The number of carbonyl (C=O) groups is 1. The van der Waals surface area contributed by atoms with Crippen molar-refractivity contribution in [3.8, 4) is 11.5 Å². The quantitative estimate of drug-likeness (QED) is 0.672. The summed E-state index contributed by atoms with van der Waals surface area (Å²) in [4.78, 5) is 14.7. The molecular weight excluding hydrogens is 382 g/mol. The van der Waals surface area contributed by atoms with Crippen LogP contribution in [-0.2, 0) is 4.79 Å². The number of anilines is 4. The lowest BCUT2D eigenvalue weighted by molar-refractivity contribution is -0.128. The van der Waals surface area contributed by atoms with Crippen LogP contribution in [0.4, 0.5) is 22.9 Å². The van der Waals surface area contributed by atoms with Gasteiger partial charge in [-0.3, -0.25) is 4.79 Å². The minimum atomic E-state index is -0.734. The molecule has 0 saturated heterocycles. The lowest BCUT2D eigenvalue weighted by atomic mass is 10.1. The molecule has 1 aromatic heterocycles. The number of amides is 1. The van der Waals surface area contributed by atoms with Crippen molar-refractivity contribution < 1.29 is 14.3 Å². The second-order valence-electron chi connectivity index (χ2n) is 7.19. The lowest BCUT2D eigenvalue weighted by Crippen LogP contribution is -2.46. The van der Waals surface area contributed by atoms with Gasteiger partial charge >= 0.3 is 0 Å². The third-order valence-corrected chi connectivity index (χ3v) is 4.68. The number of nitrogens with zero attached hydrogens (tertiary/aromatic N) is 3. The molecule has 0 fully saturated rings. The molecular formula is C22H23N5O3. The van der Waals surface area contributed by atoms with Gasteiger partial charge in [-0.25, -0.2) is 0 Å². The predicted molar refractivity (Wildman–Crippen MR) is 116 cm³/mol. The van der Waals surface area contributed by atoms with Crippen molar-refractivity contribution in [2.45, 2.75) is 19.1 Å². The molecule has 0 radical (unpaired) electrons. The van der Waals surface area contributed by atoms with Crippen molar-refractivity contribution in [1.82, 2.24) is 10.2 Å². The fraction of sp³-hybridized carbons (Fsp3) is 0.227. The maximum Gasteiger partial charge on any atom is 0.269 e. The normalized spacial score (nSPS) is 17.2. The third kappa shape index (κ3) is 4.27. The molecule has 2 unspecified atom stereocenters. The van der Waals surface area contributed by atoms with Gasteiger partial charge in [-0.05, 0) is 43.3 Å². The number of rotatable bonds is 5. The summed E-state index contributed by atoms with van der Waals surface area (Å²) >= 11 is 0. The van der Waals surface area contributed by atoms with Gasteiger partial charge in [-0.1, -0.05) is 12.1 Å². The maximum atomic E-state index is 12.7. The van der Waals surface area contributed by atoms with Crippen LogP contribution in [0.15, 0.2) is 60.8 Å². The lowest BCUT2D eigenvalue weighted by Gasteiger charge is -2.31. The number of ether oxygens (including phenoxy) is 2. The molecule has 154 valence electrons. The van der Waals surface area contributed by atoms with Gasteiger partial charge < -0.3 is 25.0 Å². The Hall–Kier alpha value is -3.81. The van der Waals surface area contributed by atoms with Crippen molar-refractivity contribution >= 4 is 28.8 Å². The van der Waals surface area contributed by atoms with E-state index in [4.69, 9.17) is 9.47 Å². The zero-order valence-corrected chi connectivity index (χ0v) is 17.0. The first kappa shape index (κ1) is 19.5. The van der Waals surface area contributed by atoms with E-state index < -0.39 is 12.2 Å². The minimum Gasteiger partial charge on any atom is -0.482 e. The Kier molecular flexibility index (Phi) is 5.38. The average molecular weight is 405 g/mol. The largest absolute Gasteiger partial charge is 0.482 e. The highest BCUT2D eigenvalue weighted by atomic mass is 16.6. The van der Waals surface area contributed by atoms with E-state index in [9.17, 15) is 4.79 Å². The van der Waals surface area contributed by atoms with Gasteiger partial charge in [-0.15, -0.1) is 5.10 Å². The number of nitrogens with one attached hydrogen (secondary N) is 2. The fourth-order valence-corrected chi connectivity index (χ4v) is 3.07. The Bertz CT molecular complexity index is 1040. The molecule has 3 aromatic rings. The number of fused-ring (bicyclic) bond motifs is 1. The van der Waals surface area contributed by atoms with Crippen LogP contribution in [0.1, 0.15) is 6.92 Å². The molecule has 2 heterocycles. The smallest absolute Gasteiger partial charge is 0.269 e. The fourth-order valence-electron chi connectivity index (χ4n) is 3.07.